The molecule has 0 aliphatic heterocycles. The Balaban J connectivity index is 1.81. The third-order valence-electron chi connectivity index (χ3n) is 4.19. The van der Waals surface area contributed by atoms with Crippen molar-refractivity contribution in [3.05, 3.63) is 35.9 Å². The van der Waals surface area contributed by atoms with E-state index in [9.17, 15) is 4.79 Å². The Hall–Kier alpha value is -1.02. The summed E-state index contributed by atoms with van der Waals surface area (Å²) >= 11 is 5.47. The Kier molecular flexibility index (Phi) is 6.38. The van der Waals surface area contributed by atoms with E-state index in [1.54, 1.807) is 0 Å². The van der Waals surface area contributed by atoms with Crippen molar-refractivity contribution in [3.63, 3.8) is 0 Å². The number of thiocarbonyl (C=S) groups is 1. The standard InChI is InChI=1S/C18H24OS/c19-18(16-11-7-4-8-12-16)14-17(20)13-15-9-5-2-1-3-6-10-15/h4,7-8,11-12,15H,1-3,5-6,9-10,13-14H2. The first-order chi connectivity index (χ1) is 9.75. The third-order valence-corrected chi connectivity index (χ3v) is 4.51. The van der Waals surface area contributed by atoms with Crippen molar-refractivity contribution in [2.24, 2.45) is 5.92 Å². The van der Waals surface area contributed by atoms with Gasteiger partial charge in [0.1, 0.15) is 0 Å². The van der Waals surface area contributed by atoms with Crippen molar-refractivity contribution in [2.45, 2.75) is 57.8 Å². The van der Waals surface area contributed by atoms with Crippen molar-refractivity contribution in [1.82, 2.24) is 0 Å². The van der Waals surface area contributed by atoms with Crippen molar-refractivity contribution in [1.29, 1.82) is 0 Å². The van der Waals surface area contributed by atoms with Crippen LogP contribution in [0.4, 0.5) is 0 Å². The molecule has 0 bridgehead atoms. The predicted molar refractivity (Wildman–Crippen MR) is 88.4 cm³/mol. The van der Waals surface area contributed by atoms with E-state index >= 15 is 0 Å². The molecule has 2 heteroatoms. The summed E-state index contributed by atoms with van der Waals surface area (Å²) in [7, 11) is 0. The molecule has 0 N–H and O–H groups in total. The van der Waals surface area contributed by atoms with Crippen molar-refractivity contribution in [3.8, 4) is 0 Å². The first kappa shape index (κ1) is 15.4. The number of benzene rings is 1. The summed E-state index contributed by atoms with van der Waals surface area (Å²) in [5, 5.41) is 0. The zero-order chi connectivity index (χ0) is 14.2. The topological polar surface area (TPSA) is 17.1 Å². The minimum atomic E-state index is 0.168. The van der Waals surface area contributed by atoms with Crippen LogP contribution in [0.15, 0.2) is 30.3 Å². The summed E-state index contributed by atoms with van der Waals surface area (Å²) < 4.78 is 0. The zero-order valence-electron chi connectivity index (χ0n) is 12.1. The molecule has 1 aromatic rings. The fourth-order valence-electron chi connectivity index (χ4n) is 3.04. The van der Waals surface area contributed by atoms with Gasteiger partial charge in [-0.1, -0.05) is 87.5 Å². The van der Waals surface area contributed by atoms with E-state index in [1.807, 2.05) is 30.3 Å². The summed E-state index contributed by atoms with van der Waals surface area (Å²) in [5.41, 5.74) is 0.785. The van der Waals surface area contributed by atoms with E-state index in [-0.39, 0.29) is 5.78 Å². The average Bonchev–Trinajstić information content (AvgIpc) is 2.42. The van der Waals surface area contributed by atoms with E-state index in [0.717, 1.165) is 16.8 Å². The molecule has 0 radical (unpaired) electrons. The molecule has 1 nitrogen and oxygen atoms in total. The lowest BCUT2D eigenvalue weighted by atomic mass is 9.87. The second-order valence-electron chi connectivity index (χ2n) is 5.92. The maximum Gasteiger partial charge on any atom is 0.167 e. The molecule has 0 heterocycles. The molecule has 0 spiro atoms. The van der Waals surface area contributed by atoms with Gasteiger partial charge in [-0.05, 0) is 12.3 Å². The number of carbonyl (C=O) groups is 1. The molecular formula is C18H24OS. The van der Waals surface area contributed by atoms with Crippen LogP contribution < -0.4 is 0 Å². The van der Waals surface area contributed by atoms with Gasteiger partial charge in [-0.15, -0.1) is 0 Å². The highest BCUT2D eigenvalue weighted by atomic mass is 32.1. The van der Waals surface area contributed by atoms with Gasteiger partial charge in [-0.25, -0.2) is 0 Å². The normalized spacial score (nSPS) is 17.2. The fourth-order valence-corrected chi connectivity index (χ4v) is 3.41. The van der Waals surface area contributed by atoms with Crippen LogP contribution in [0.1, 0.15) is 68.1 Å². The van der Waals surface area contributed by atoms with Crippen LogP contribution in [-0.4, -0.2) is 10.6 Å². The van der Waals surface area contributed by atoms with Gasteiger partial charge in [0.2, 0.25) is 0 Å². The Labute approximate surface area is 127 Å². The minimum absolute atomic E-state index is 0.168. The largest absolute Gasteiger partial charge is 0.294 e. The lowest BCUT2D eigenvalue weighted by Crippen LogP contribution is -2.12. The second kappa shape index (κ2) is 8.31. The maximum atomic E-state index is 12.1. The molecule has 0 aromatic heterocycles. The molecule has 1 aliphatic rings. The van der Waals surface area contributed by atoms with Crippen LogP contribution >= 0.6 is 12.2 Å². The third kappa shape index (κ3) is 5.16. The Morgan fingerprint density at radius 2 is 1.60 bits per heavy atom. The van der Waals surface area contributed by atoms with Gasteiger partial charge >= 0.3 is 0 Å². The summed E-state index contributed by atoms with van der Waals surface area (Å²) in [5.74, 6) is 0.882. The number of hydrogen-bond donors (Lipinski definition) is 0. The maximum absolute atomic E-state index is 12.1. The van der Waals surface area contributed by atoms with Crippen LogP contribution in [0.5, 0.6) is 0 Å². The number of hydrogen-bond acceptors (Lipinski definition) is 2. The predicted octanol–water partition coefficient (Wildman–Crippen LogP) is 5.38. The monoisotopic (exact) mass is 288 g/mol. The van der Waals surface area contributed by atoms with E-state index < -0.39 is 0 Å². The molecular weight excluding hydrogens is 264 g/mol. The number of Topliss-reactive ketones (excluding diaryl/α,β-unsaturated/α-hetero) is 1. The fraction of sp³-hybridized carbons (Fsp3) is 0.556. The molecule has 2 rings (SSSR count). The number of carbonyl (C=O) groups excluding carboxylic acids is 1. The van der Waals surface area contributed by atoms with Crippen molar-refractivity contribution >= 4 is 22.9 Å². The SMILES string of the molecule is O=C(CC(=S)CC1CCCCCCC1)c1ccccc1. The van der Waals surface area contributed by atoms with Crippen LogP contribution in [0.3, 0.4) is 0 Å². The summed E-state index contributed by atoms with van der Waals surface area (Å²) in [6.07, 6.45) is 10.8. The summed E-state index contributed by atoms with van der Waals surface area (Å²) in [4.78, 5) is 13.1. The quantitative estimate of drug-likeness (QED) is 0.534. The van der Waals surface area contributed by atoms with Gasteiger partial charge in [-0.2, -0.15) is 0 Å². The molecule has 1 aromatic carbocycles. The molecule has 0 unspecified atom stereocenters. The van der Waals surface area contributed by atoms with E-state index in [4.69, 9.17) is 12.2 Å². The Morgan fingerprint density at radius 1 is 1.00 bits per heavy atom. The Bertz CT molecular complexity index is 430. The Morgan fingerprint density at radius 3 is 2.25 bits per heavy atom. The smallest absolute Gasteiger partial charge is 0.167 e. The van der Waals surface area contributed by atoms with Gasteiger partial charge in [0, 0.05) is 16.8 Å². The first-order valence-corrected chi connectivity index (χ1v) is 8.26. The molecule has 0 amide bonds. The molecule has 108 valence electrons. The van der Waals surface area contributed by atoms with Crippen LogP contribution in [0, 0.1) is 5.92 Å². The van der Waals surface area contributed by atoms with E-state index in [2.05, 4.69) is 0 Å². The van der Waals surface area contributed by atoms with Gasteiger partial charge in [-0.3, -0.25) is 4.79 Å². The summed E-state index contributed by atoms with van der Waals surface area (Å²) in [6, 6.07) is 9.50. The van der Waals surface area contributed by atoms with Crippen molar-refractivity contribution < 1.29 is 4.79 Å². The zero-order valence-corrected chi connectivity index (χ0v) is 13.0. The van der Waals surface area contributed by atoms with E-state index in [1.165, 1.54) is 44.9 Å². The van der Waals surface area contributed by atoms with E-state index in [0.29, 0.717) is 12.3 Å². The van der Waals surface area contributed by atoms with Crippen LogP contribution in [0.2, 0.25) is 0 Å². The molecule has 20 heavy (non-hydrogen) atoms. The summed E-state index contributed by atoms with van der Waals surface area (Å²) in [6.45, 7) is 0. The molecule has 0 atom stereocenters. The van der Waals surface area contributed by atoms with Crippen LogP contribution in [0.25, 0.3) is 0 Å². The highest BCUT2D eigenvalue weighted by molar-refractivity contribution is 7.80. The second-order valence-corrected chi connectivity index (χ2v) is 6.50. The number of rotatable bonds is 5. The molecule has 1 aliphatic carbocycles. The highest BCUT2D eigenvalue weighted by Gasteiger charge is 2.15. The lowest BCUT2D eigenvalue weighted by molar-refractivity contribution is 0.100. The van der Waals surface area contributed by atoms with Crippen molar-refractivity contribution in [2.75, 3.05) is 0 Å². The van der Waals surface area contributed by atoms with Gasteiger partial charge < -0.3 is 0 Å². The molecule has 0 saturated heterocycles. The first-order valence-electron chi connectivity index (χ1n) is 7.85. The average molecular weight is 288 g/mol. The molecule has 1 saturated carbocycles. The lowest BCUT2D eigenvalue weighted by Gasteiger charge is -2.19. The van der Waals surface area contributed by atoms with Crippen LogP contribution in [-0.2, 0) is 0 Å². The van der Waals surface area contributed by atoms with Gasteiger partial charge in [0.05, 0.1) is 0 Å². The highest BCUT2D eigenvalue weighted by Crippen LogP contribution is 2.26. The number of ketones is 1. The van der Waals surface area contributed by atoms with Gasteiger partial charge in [0.15, 0.2) is 5.78 Å². The molecule has 1 fully saturated rings. The minimum Gasteiger partial charge on any atom is -0.294 e. The van der Waals surface area contributed by atoms with Gasteiger partial charge in [0.25, 0.3) is 0 Å².